The summed E-state index contributed by atoms with van der Waals surface area (Å²) in [6.45, 7) is 0.849. The molecule has 0 aromatic heterocycles. The molecular formula is C25H36N2O5S. The van der Waals surface area contributed by atoms with Crippen molar-refractivity contribution in [3.63, 3.8) is 0 Å². The van der Waals surface area contributed by atoms with Crippen LogP contribution in [0.4, 0.5) is 0 Å². The maximum atomic E-state index is 13.5. The van der Waals surface area contributed by atoms with E-state index in [0.29, 0.717) is 42.3 Å². The van der Waals surface area contributed by atoms with Gasteiger partial charge in [0.25, 0.3) is 0 Å². The number of methoxy groups -OCH3 is 2. The van der Waals surface area contributed by atoms with Gasteiger partial charge in [-0.1, -0.05) is 6.42 Å². The number of nitrogens with zero attached hydrogens (tertiary/aromatic N) is 1. The molecule has 1 aromatic carbocycles. The number of benzene rings is 1. The van der Waals surface area contributed by atoms with Crippen molar-refractivity contribution in [1.82, 2.24) is 9.62 Å². The first-order chi connectivity index (χ1) is 15.8. The summed E-state index contributed by atoms with van der Waals surface area (Å²) in [7, 11) is -0.690. The Morgan fingerprint density at radius 3 is 2.27 bits per heavy atom. The minimum Gasteiger partial charge on any atom is -0.493 e. The minimum atomic E-state index is -3.72. The van der Waals surface area contributed by atoms with E-state index < -0.39 is 10.0 Å². The van der Waals surface area contributed by atoms with Crippen LogP contribution in [0, 0.1) is 23.2 Å². The molecule has 1 aliphatic heterocycles. The molecule has 1 amide bonds. The molecule has 7 nitrogen and oxygen atoms in total. The second-order valence-electron chi connectivity index (χ2n) is 10.7. The first-order valence-electron chi connectivity index (χ1n) is 12.4. The van der Waals surface area contributed by atoms with Crippen LogP contribution in [0.3, 0.4) is 0 Å². The van der Waals surface area contributed by atoms with E-state index in [0.717, 1.165) is 38.5 Å². The van der Waals surface area contributed by atoms with Crippen molar-refractivity contribution in [3.8, 4) is 11.5 Å². The molecule has 8 heteroatoms. The number of piperidine rings is 1. The highest BCUT2D eigenvalue weighted by atomic mass is 32.2. The molecule has 0 spiro atoms. The van der Waals surface area contributed by atoms with Gasteiger partial charge >= 0.3 is 0 Å². The predicted molar refractivity (Wildman–Crippen MR) is 125 cm³/mol. The fraction of sp³-hybridized carbons (Fsp3) is 0.720. The van der Waals surface area contributed by atoms with E-state index in [9.17, 15) is 13.2 Å². The number of hydrogen-bond acceptors (Lipinski definition) is 5. The molecule has 5 fully saturated rings. The molecule has 5 aliphatic rings. The van der Waals surface area contributed by atoms with Gasteiger partial charge in [0.15, 0.2) is 11.5 Å². The zero-order chi connectivity index (χ0) is 23.2. The zero-order valence-electron chi connectivity index (χ0n) is 19.7. The fourth-order valence-electron chi connectivity index (χ4n) is 7.39. The van der Waals surface area contributed by atoms with Crippen LogP contribution in [-0.2, 0) is 14.8 Å². The Morgan fingerprint density at radius 1 is 1.03 bits per heavy atom. The van der Waals surface area contributed by atoms with Crippen LogP contribution in [0.1, 0.15) is 57.8 Å². The highest BCUT2D eigenvalue weighted by molar-refractivity contribution is 7.89. The number of ether oxygens (including phenoxy) is 2. The topological polar surface area (TPSA) is 84.9 Å². The summed E-state index contributed by atoms with van der Waals surface area (Å²) < 4.78 is 39.3. The summed E-state index contributed by atoms with van der Waals surface area (Å²) in [4.78, 5) is 13.6. The minimum absolute atomic E-state index is 0.163. The Bertz CT molecular complexity index is 973. The standard InChI is InChI=1S/C25H36N2O5S/c1-31-22-7-6-21(12-23(22)32-2)33(29,30)27-8-4-3-5-20(27)16-26-24(28)25-13-17-9-18(14-25)11-19(10-17)15-25/h6-7,12,17-20H,3-5,8-11,13-16H2,1-2H3,(H,26,28). The van der Waals surface area contributed by atoms with Gasteiger partial charge in [-0.05, 0) is 81.3 Å². The number of sulfonamides is 1. The van der Waals surface area contributed by atoms with Crippen LogP contribution in [0.25, 0.3) is 0 Å². The van der Waals surface area contributed by atoms with Crippen LogP contribution in [0.15, 0.2) is 23.1 Å². The van der Waals surface area contributed by atoms with Crippen molar-refractivity contribution in [2.45, 2.75) is 68.7 Å². The lowest BCUT2D eigenvalue weighted by atomic mass is 9.49. The van der Waals surface area contributed by atoms with Gasteiger partial charge in [0, 0.05) is 30.6 Å². The van der Waals surface area contributed by atoms with Gasteiger partial charge in [-0.2, -0.15) is 4.31 Å². The van der Waals surface area contributed by atoms with Crippen molar-refractivity contribution in [2.24, 2.45) is 23.2 Å². The van der Waals surface area contributed by atoms with Crippen molar-refractivity contribution in [2.75, 3.05) is 27.3 Å². The Kier molecular flexibility index (Phi) is 6.10. The number of nitrogens with one attached hydrogen (secondary N) is 1. The van der Waals surface area contributed by atoms with Crippen molar-refractivity contribution in [1.29, 1.82) is 0 Å². The van der Waals surface area contributed by atoms with E-state index in [1.165, 1.54) is 39.5 Å². The Hall–Kier alpha value is -1.80. The first-order valence-corrected chi connectivity index (χ1v) is 13.8. The molecule has 33 heavy (non-hydrogen) atoms. The maximum absolute atomic E-state index is 13.5. The Balaban J connectivity index is 1.30. The molecule has 1 aromatic rings. The molecule has 0 radical (unpaired) electrons. The summed E-state index contributed by atoms with van der Waals surface area (Å²) in [5.74, 6) is 3.17. The van der Waals surface area contributed by atoms with E-state index in [4.69, 9.17) is 9.47 Å². The summed E-state index contributed by atoms with van der Waals surface area (Å²) in [6, 6.07) is 4.48. The lowest BCUT2D eigenvalue weighted by molar-refractivity contribution is -0.146. The lowest BCUT2D eigenvalue weighted by Crippen LogP contribution is -2.56. The van der Waals surface area contributed by atoms with E-state index in [1.54, 1.807) is 16.4 Å². The molecule has 1 atom stereocenters. The van der Waals surface area contributed by atoms with Crippen molar-refractivity contribution >= 4 is 15.9 Å². The molecule has 1 saturated heterocycles. The molecule has 4 bridgehead atoms. The molecule has 1 N–H and O–H groups in total. The molecule has 4 aliphatic carbocycles. The molecule has 4 saturated carbocycles. The van der Waals surface area contributed by atoms with E-state index in [1.807, 2.05) is 0 Å². The monoisotopic (exact) mass is 476 g/mol. The van der Waals surface area contributed by atoms with Gasteiger partial charge < -0.3 is 14.8 Å². The third-order valence-electron chi connectivity index (χ3n) is 8.55. The van der Waals surface area contributed by atoms with Crippen molar-refractivity contribution < 1.29 is 22.7 Å². The number of amides is 1. The van der Waals surface area contributed by atoms with Crippen LogP contribution < -0.4 is 14.8 Å². The van der Waals surface area contributed by atoms with E-state index >= 15 is 0 Å². The van der Waals surface area contributed by atoms with Gasteiger partial charge in [0.2, 0.25) is 15.9 Å². The largest absolute Gasteiger partial charge is 0.493 e. The van der Waals surface area contributed by atoms with Crippen LogP contribution in [0.5, 0.6) is 11.5 Å². The Labute approximate surface area is 197 Å². The normalized spacial score (nSPS) is 33.6. The molecule has 1 unspecified atom stereocenters. The summed E-state index contributed by atoms with van der Waals surface area (Å²) in [6.07, 6.45) is 9.50. The van der Waals surface area contributed by atoms with E-state index in [2.05, 4.69) is 5.32 Å². The molecule has 1 heterocycles. The van der Waals surface area contributed by atoms with Crippen LogP contribution in [-0.4, -0.2) is 52.0 Å². The maximum Gasteiger partial charge on any atom is 0.243 e. The third-order valence-corrected chi connectivity index (χ3v) is 10.5. The number of hydrogen-bond donors (Lipinski definition) is 1. The average molecular weight is 477 g/mol. The molecule has 6 rings (SSSR count). The van der Waals surface area contributed by atoms with E-state index in [-0.39, 0.29) is 22.3 Å². The molecule has 182 valence electrons. The first kappa shape index (κ1) is 23.0. The predicted octanol–water partition coefficient (Wildman–Crippen LogP) is 3.58. The smallest absolute Gasteiger partial charge is 0.243 e. The van der Waals surface area contributed by atoms with Gasteiger partial charge in [0.1, 0.15) is 0 Å². The SMILES string of the molecule is COc1ccc(S(=O)(=O)N2CCCCC2CNC(=O)C23CC4CC(CC(C4)C2)C3)cc1OC. The third kappa shape index (κ3) is 4.14. The van der Waals surface area contributed by atoms with Crippen LogP contribution >= 0.6 is 0 Å². The quantitative estimate of drug-likeness (QED) is 0.650. The second kappa shape index (κ2) is 8.77. The van der Waals surface area contributed by atoms with Gasteiger partial charge in [-0.15, -0.1) is 0 Å². The Morgan fingerprint density at radius 2 is 1.67 bits per heavy atom. The zero-order valence-corrected chi connectivity index (χ0v) is 20.5. The van der Waals surface area contributed by atoms with Gasteiger partial charge in [-0.25, -0.2) is 8.42 Å². The lowest BCUT2D eigenvalue weighted by Gasteiger charge is -2.55. The average Bonchev–Trinajstić information content (AvgIpc) is 2.81. The summed E-state index contributed by atoms with van der Waals surface area (Å²) >= 11 is 0. The number of carbonyl (C=O) groups is 1. The second-order valence-corrected chi connectivity index (χ2v) is 12.6. The van der Waals surface area contributed by atoms with Crippen LogP contribution in [0.2, 0.25) is 0 Å². The van der Waals surface area contributed by atoms with Gasteiger partial charge in [0.05, 0.1) is 19.1 Å². The highest BCUT2D eigenvalue weighted by Crippen LogP contribution is 2.60. The summed E-state index contributed by atoms with van der Waals surface area (Å²) in [5.41, 5.74) is -0.212. The molecular weight excluding hydrogens is 440 g/mol. The van der Waals surface area contributed by atoms with Crippen molar-refractivity contribution in [3.05, 3.63) is 18.2 Å². The van der Waals surface area contributed by atoms with Gasteiger partial charge in [-0.3, -0.25) is 4.79 Å². The highest BCUT2D eigenvalue weighted by Gasteiger charge is 2.54. The number of carbonyl (C=O) groups excluding carboxylic acids is 1. The fourth-order valence-corrected chi connectivity index (χ4v) is 9.10. The summed E-state index contributed by atoms with van der Waals surface area (Å²) in [5, 5.41) is 3.21. The number of rotatable bonds is 7.